The summed E-state index contributed by atoms with van der Waals surface area (Å²) in [5.41, 5.74) is -1.55. The number of nitrogens with zero attached hydrogens (tertiary/aromatic N) is 3. The van der Waals surface area contributed by atoms with Gasteiger partial charge in [-0.1, -0.05) is 11.6 Å². The molecule has 0 amide bonds. The molecule has 1 aliphatic heterocycles. The lowest BCUT2D eigenvalue weighted by molar-refractivity contribution is -0.201. The van der Waals surface area contributed by atoms with Gasteiger partial charge in [-0.05, 0) is 32.9 Å². The van der Waals surface area contributed by atoms with Gasteiger partial charge in [-0.3, -0.25) is 0 Å². The SMILES string of the molecule is CC(C)(C)C(=O)ON1CCN(c2ccc(C(F)(F)F)c(Cl)n2)CC1. The Bertz CT molecular complexity index is 609. The van der Waals surface area contributed by atoms with Crippen LogP contribution in [0.3, 0.4) is 0 Å². The van der Waals surface area contributed by atoms with Crippen LogP contribution >= 0.6 is 11.6 Å². The van der Waals surface area contributed by atoms with Crippen LogP contribution in [0.25, 0.3) is 0 Å². The first-order valence-electron chi connectivity index (χ1n) is 7.44. The number of hydrogen-bond acceptors (Lipinski definition) is 5. The Hall–Kier alpha value is -1.54. The normalized spacial score (nSPS) is 17.0. The first-order chi connectivity index (χ1) is 11.0. The van der Waals surface area contributed by atoms with Gasteiger partial charge in [-0.15, -0.1) is 5.06 Å². The maximum atomic E-state index is 12.7. The number of hydroxylamine groups is 2. The van der Waals surface area contributed by atoms with Crippen molar-refractivity contribution in [3.63, 3.8) is 0 Å². The van der Waals surface area contributed by atoms with E-state index in [2.05, 4.69) is 4.98 Å². The minimum absolute atomic E-state index is 0.327. The number of aromatic nitrogens is 1. The molecule has 2 rings (SSSR count). The van der Waals surface area contributed by atoms with Gasteiger partial charge in [-0.2, -0.15) is 13.2 Å². The fourth-order valence-electron chi connectivity index (χ4n) is 2.07. The molecule has 0 unspecified atom stereocenters. The Kier molecular flexibility index (Phi) is 5.29. The van der Waals surface area contributed by atoms with Gasteiger partial charge in [0, 0.05) is 13.1 Å². The molecule has 0 aliphatic carbocycles. The van der Waals surface area contributed by atoms with Crippen molar-refractivity contribution in [2.45, 2.75) is 26.9 Å². The summed E-state index contributed by atoms with van der Waals surface area (Å²) >= 11 is 5.64. The second kappa shape index (κ2) is 6.76. The molecule has 134 valence electrons. The van der Waals surface area contributed by atoms with Crippen molar-refractivity contribution in [3.05, 3.63) is 22.8 Å². The summed E-state index contributed by atoms with van der Waals surface area (Å²) in [6, 6.07) is 2.22. The maximum absolute atomic E-state index is 12.7. The molecular weight excluding hydrogens is 347 g/mol. The zero-order chi connectivity index (χ0) is 18.1. The number of pyridine rings is 1. The number of carbonyl (C=O) groups is 1. The second-order valence-corrected chi connectivity index (χ2v) is 6.91. The van der Waals surface area contributed by atoms with E-state index < -0.39 is 22.3 Å². The smallest absolute Gasteiger partial charge is 0.367 e. The second-order valence-electron chi connectivity index (χ2n) is 6.55. The van der Waals surface area contributed by atoms with E-state index in [1.54, 1.807) is 30.7 Å². The highest BCUT2D eigenvalue weighted by Crippen LogP contribution is 2.34. The molecule has 0 radical (unpaired) electrons. The lowest BCUT2D eigenvalue weighted by Crippen LogP contribution is -2.48. The summed E-state index contributed by atoms with van der Waals surface area (Å²) in [7, 11) is 0. The number of hydrogen-bond donors (Lipinski definition) is 0. The molecule has 24 heavy (non-hydrogen) atoms. The van der Waals surface area contributed by atoms with E-state index >= 15 is 0 Å². The first-order valence-corrected chi connectivity index (χ1v) is 7.82. The summed E-state index contributed by atoms with van der Waals surface area (Å²) in [6.07, 6.45) is -4.53. The van der Waals surface area contributed by atoms with Crippen LogP contribution < -0.4 is 4.90 Å². The zero-order valence-electron chi connectivity index (χ0n) is 13.7. The molecule has 1 fully saturated rings. The topological polar surface area (TPSA) is 45.7 Å². The lowest BCUT2D eigenvalue weighted by Gasteiger charge is -2.35. The standard InChI is InChI=1S/C15H19ClF3N3O2/c1-14(2,3)13(23)24-22-8-6-21(7-9-22)11-5-4-10(12(16)20-11)15(17,18)19/h4-5H,6-9H2,1-3H3. The predicted molar refractivity (Wildman–Crippen MR) is 83.6 cm³/mol. The van der Waals surface area contributed by atoms with Crippen LogP contribution in [0.2, 0.25) is 5.15 Å². The largest absolute Gasteiger partial charge is 0.419 e. The van der Waals surface area contributed by atoms with E-state index in [-0.39, 0.29) is 5.97 Å². The van der Waals surface area contributed by atoms with Crippen LogP contribution in [0, 0.1) is 5.41 Å². The fourth-order valence-corrected chi connectivity index (χ4v) is 2.33. The molecule has 1 aliphatic rings. The van der Waals surface area contributed by atoms with Crippen molar-refractivity contribution in [1.82, 2.24) is 10.0 Å². The van der Waals surface area contributed by atoms with E-state index in [0.717, 1.165) is 6.07 Å². The number of halogens is 4. The lowest BCUT2D eigenvalue weighted by atomic mass is 9.98. The van der Waals surface area contributed by atoms with Gasteiger partial charge in [0.15, 0.2) is 0 Å². The summed E-state index contributed by atoms with van der Waals surface area (Å²) < 4.78 is 38.1. The van der Waals surface area contributed by atoms with Gasteiger partial charge >= 0.3 is 12.1 Å². The van der Waals surface area contributed by atoms with Gasteiger partial charge in [0.05, 0.1) is 24.1 Å². The van der Waals surface area contributed by atoms with Gasteiger partial charge in [0.2, 0.25) is 0 Å². The van der Waals surface area contributed by atoms with Gasteiger partial charge in [-0.25, -0.2) is 9.78 Å². The molecule has 0 N–H and O–H groups in total. The van der Waals surface area contributed by atoms with Crippen molar-refractivity contribution in [3.8, 4) is 0 Å². The minimum Gasteiger partial charge on any atom is -0.367 e. The first kappa shape index (κ1) is 18.8. The van der Waals surface area contributed by atoms with Crippen molar-refractivity contribution in [2.75, 3.05) is 31.1 Å². The van der Waals surface area contributed by atoms with E-state index in [1.807, 2.05) is 0 Å². The molecular formula is C15H19ClF3N3O2. The molecule has 0 saturated carbocycles. The van der Waals surface area contributed by atoms with Crippen LogP contribution in [0.4, 0.5) is 19.0 Å². The van der Waals surface area contributed by atoms with Gasteiger partial charge in [0.1, 0.15) is 11.0 Å². The highest BCUT2D eigenvalue weighted by Gasteiger charge is 2.34. The molecule has 1 saturated heterocycles. The fraction of sp³-hybridized carbons (Fsp3) is 0.600. The maximum Gasteiger partial charge on any atom is 0.419 e. The summed E-state index contributed by atoms with van der Waals surface area (Å²) in [4.78, 5) is 22.8. The quantitative estimate of drug-likeness (QED) is 0.752. The zero-order valence-corrected chi connectivity index (χ0v) is 14.4. The number of anilines is 1. The summed E-state index contributed by atoms with van der Waals surface area (Å²) in [5.74, 6) is 0.0430. The summed E-state index contributed by atoms with van der Waals surface area (Å²) in [5, 5.41) is 0.983. The Morgan fingerprint density at radius 2 is 1.75 bits per heavy atom. The van der Waals surface area contributed by atoms with E-state index in [4.69, 9.17) is 16.4 Å². The van der Waals surface area contributed by atoms with Crippen molar-refractivity contribution >= 4 is 23.4 Å². The highest BCUT2D eigenvalue weighted by molar-refractivity contribution is 6.30. The third-order valence-corrected chi connectivity index (χ3v) is 3.81. The molecule has 1 aromatic rings. The van der Waals surface area contributed by atoms with Crippen molar-refractivity contribution in [2.24, 2.45) is 5.41 Å². The molecule has 2 heterocycles. The number of piperazine rings is 1. The van der Waals surface area contributed by atoms with Crippen LogP contribution in [0.5, 0.6) is 0 Å². The molecule has 0 bridgehead atoms. The van der Waals surface area contributed by atoms with Crippen LogP contribution in [-0.4, -0.2) is 42.2 Å². The monoisotopic (exact) mass is 365 g/mol. The Morgan fingerprint density at radius 1 is 1.17 bits per heavy atom. The Balaban J connectivity index is 1.98. The predicted octanol–water partition coefficient (Wildman–Crippen LogP) is 3.38. The highest BCUT2D eigenvalue weighted by atomic mass is 35.5. The van der Waals surface area contributed by atoms with Crippen molar-refractivity contribution in [1.29, 1.82) is 0 Å². The Labute approximate surface area is 143 Å². The van der Waals surface area contributed by atoms with E-state index in [9.17, 15) is 18.0 Å². The summed E-state index contributed by atoms with van der Waals surface area (Å²) in [6.45, 7) is 7.08. The minimum atomic E-state index is -4.53. The van der Waals surface area contributed by atoms with E-state index in [0.29, 0.717) is 32.0 Å². The third kappa shape index (κ3) is 4.51. The number of carbonyl (C=O) groups excluding carboxylic acids is 1. The van der Waals surface area contributed by atoms with Crippen LogP contribution in [0.1, 0.15) is 26.3 Å². The van der Waals surface area contributed by atoms with Gasteiger partial charge in [0.25, 0.3) is 0 Å². The van der Waals surface area contributed by atoms with Crippen LogP contribution in [-0.2, 0) is 15.8 Å². The van der Waals surface area contributed by atoms with E-state index in [1.165, 1.54) is 6.07 Å². The average molecular weight is 366 g/mol. The number of rotatable bonds is 2. The number of alkyl halides is 3. The molecule has 1 aromatic heterocycles. The average Bonchev–Trinajstić information content (AvgIpc) is 2.45. The molecule has 5 nitrogen and oxygen atoms in total. The Morgan fingerprint density at radius 3 is 2.21 bits per heavy atom. The van der Waals surface area contributed by atoms with Crippen LogP contribution in [0.15, 0.2) is 12.1 Å². The van der Waals surface area contributed by atoms with Gasteiger partial charge < -0.3 is 9.74 Å². The van der Waals surface area contributed by atoms with Crippen molar-refractivity contribution < 1.29 is 22.8 Å². The molecule has 0 spiro atoms. The third-order valence-electron chi connectivity index (χ3n) is 3.53. The molecule has 0 aromatic carbocycles. The molecule has 9 heteroatoms. The molecule has 0 atom stereocenters.